The molecule has 0 bridgehead atoms. The number of nitroso groups, excluding NO2 is 1. The van der Waals surface area contributed by atoms with E-state index in [1.54, 1.807) is 6.07 Å². The highest BCUT2D eigenvalue weighted by Crippen LogP contribution is 2.43. The number of nitrogens with two attached hydrogens (primary N) is 1. The summed E-state index contributed by atoms with van der Waals surface area (Å²) in [5, 5.41) is 3.11. The van der Waals surface area contributed by atoms with Crippen LogP contribution in [0.4, 0.5) is 0 Å². The lowest BCUT2D eigenvalue weighted by atomic mass is 9.81. The predicted octanol–water partition coefficient (Wildman–Crippen LogP) is -1.73. The second-order valence-corrected chi connectivity index (χ2v) is 9.77. The van der Waals surface area contributed by atoms with Crippen molar-refractivity contribution >= 4 is 28.6 Å². The number of esters is 1. The zero-order chi connectivity index (χ0) is 19.6. The van der Waals surface area contributed by atoms with E-state index in [9.17, 15) is 18.1 Å². The zero-order valence-corrected chi connectivity index (χ0v) is 17.6. The lowest BCUT2D eigenvalue weighted by Gasteiger charge is -2.45. The summed E-state index contributed by atoms with van der Waals surface area (Å²) >= 11 is 4.45. The fourth-order valence-electron chi connectivity index (χ4n) is 3.19. The first kappa shape index (κ1) is 23.8. The highest BCUT2D eigenvalue weighted by atomic mass is 35.5. The van der Waals surface area contributed by atoms with Gasteiger partial charge in [-0.3, -0.25) is 3.89 Å². The molecule has 0 amide bonds. The summed E-state index contributed by atoms with van der Waals surface area (Å²) in [5.41, 5.74) is 4.42. The van der Waals surface area contributed by atoms with E-state index in [1.165, 1.54) is 31.2 Å². The van der Waals surface area contributed by atoms with Crippen molar-refractivity contribution in [3.63, 3.8) is 0 Å². The minimum absolute atomic E-state index is 0. The van der Waals surface area contributed by atoms with Crippen molar-refractivity contribution < 1.29 is 34.2 Å². The number of benzene rings is 1. The summed E-state index contributed by atoms with van der Waals surface area (Å²) in [7, 11) is -2.63. The van der Waals surface area contributed by atoms with E-state index in [-0.39, 0.29) is 40.6 Å². The van der Waals surface area contributed by atoms with Crippen molar-refractivity contribution in [3.8, 4) is 0 Å². The van der Waals surface area contributed by atoms with Gasteiger partial charge in [-0.1, -0.05) is 23.4 Å². The topological polar surface area (TPSA) is 116 Å². The molecule has 8 nitrogen and oxygen atoms in total. The zero-order valence-electron chi connectivity index (χ0n) is 15.2. The van der Waals surface area contributed by atoms with Gasteiger partial charge in [0.15, 0.2) is 5.54 Å². The molecule has 0 aromatic heterocycles. The van der Waals surface area contributed by atoms with Gasteiger partial charge in [0.1, 0.15) is 0 Å². The molecule has 1 aliphatic rings. The Morgan fingerprint density at radius 3 is 2.30 bits per heavy atom. The molecule has 0 saturated carbocycles. The highest BCUT2D eigenvalue weighted by molar-refractivity contribution is 7.93. The molecular weight excluding hydrogens is 414 g/mol. The van der Waals surface area contributed by atoms with Crippen LogP contribution in [0.15, 0.2) is 40.4 Å². The van der Waals surface area contributed by atoms with E-state index in [4.69, 9.17) is 10.5 Å². The van der Waals surface area contributed by atoms with Crippen molar-refractivity contribution in [1.29, 1.82) is 0 Å². The van der Waals surface area contributed by atoms with Crippen molar-refractivity contribution in [1.82, 2.24) is 0 Å². The third kappa shape index (κ3) is 4.00. The van der Waals surface area contributed by atoms with Crippen LogP contribution in [0.1, 0.15) is 19.8 Å². The van der Waals surface area contributed by atoms with Crippen molar-refractivity contribution in [2.75, 3.05) is 26.7 Å². The van der Waals surface area contributed by atoms with E-state index in [0.29, 0.717) is 13.1 Å². The summed E-state index contributed by atoms with van der Waals surface area (Å²) in [6, 6.07) is 7.33. The number of rotatable bonds is 6. The van der Waals surface area contributed by atoms with E-state index in [0.717, 1.165) is 0 Å². The number of sulfone groups is 1. The first-order valence-electron chi connectivity index (χ1n) is 8.24. The monoisotopic (exact) mass is 437 g/mol. The van der Waals surface area contributed by atoms with Crippen LogP contribution in [-0.2, 0) is 19.4 Å². The number of hydrogen-bond acceptors (Lipinski definition) is 8. The van der Waals surface area contributed by atoms with Crippen LogP contribution >= 0.6 is 12.8 Å². The van der Waals surface area contributed by atoms with Crippen molar-refractivity contribution in [3.05, 3.63) is 35.2 Å². The second kappa shape index (κ2) is 8.44. The molecule has 1 aromatic rings. The Kier molecular flexibility index (Phi) is 7.45. The van der Waals surface area contributed by atoms with Crippen molar-refractivity contribution in [2.45, 2.75) is 35.1 Å². The van der Waals surface area contributed by atoms with E-state index in [2.05, 4.69) is 18.0 Å². The van der Waals surface area contributed by atoms with E-state index >= 15 is 0 Å². The SMILES string of the molecule is CCOC(=O)[C@@](N)(C1(N=O)CC[N+](C)(S)CC1)S(=O)(=O)c1ccccc1.[Cl-]. The van der Waals surface area contributed by atoms with Crippen LogP contribution in [0.3, 0.4) is 0 Å². The second-order valence-electron chi connectivity index (χ2n) is 6.68. The van der Waals surface area contributed by atoms with Gasteiger partial charge in [-0.15, -0.1) is 0 Å². The number of halogens is 1. The highest BCUT2D eigenvalue weighted by Gasteiger charge is 2.67. The minimum atomic E-state index is -4.45. The lowest BCUT2D eigenvalue weighted by Crippen LogP contribution is -3.00. The third-order valence-corrected chi connectivity index (χ3v) is 7.62. The largest absolute Gasteiger partial charge is 1.00 e. The van der Waals surface area contributed by atoms with Crippen LogP contribution in [-0.4, -0.2) is 55.4 Å². The molecule has 0 spiro atoms. The van der Waals surface area contributed by atoms with Crippen LogP contribution in [0.25, 0.3) is 0 Å². The van der Waals surface area contributed by atoms with Gasteiger partial charge in [-0.05, 0) is 19.1 Å². The Hall–Kier alpha value is -1.20. The van der Waals surface area contributed by atoms with Crippen LogP contribution in [0.5, 0.6) is 0 Å². The van der Waals surface area contributed by atoms with Crippen molar-refractivity contribution in [2.24, 2.45) is 10.9 Å². The molecular formula is C16H24ClN3O5S2. The third-order valence-electron chi connectivity index (χ3n) is 4.94. The molecule has 2 rings (SSSR count). The van der Waals surface area contributed by atoms with Crippen LogP contribution in [0, 0.1) is 4.91 Å². The number of carbonyl (C=O) groups is 1. The summed E-state index contributed by atoms with van der Waals surface area (Å²) in [6.45, 7) is 2.13. The molecule has 1 aliphatic heterocycles. The van der Waals surface area contributed by atoms with Gasteiger partial charge in [0.25, 0.3) is 4.87 Å². The van der Waals surface area contributed by atoms with Gasteiger partial charge >= 0.3 is 5.97 Å². The summed E-state index contributed by atoms with van der Waals surface area (Å²) in [6.07, 6.45) is -0.00421. The Morgan fingerprint density at radius 1 is 1.33 bits per heavy atom. The molecule has 0 radical (unpaired) electrons. The standard InChI is InChI=1S/C16H24N3O5S2.ClH/c1-3-24-14(20)16(17,26(22,23)13-7-5-4-6-8-13)15(18-21)9-11-19(2,25)12-10-15;/h4-8,25H,3,9-12,17H2,1-2H3;1H/q+1;/p-1/t15?,16-,19?;/m0./s1. The van der Waals surface area contributed by atoms with E-state index < -0.39 is 26.2 Å². The number of likely N-dealkylation sites (tertiary alicyclic amines) is 1. The number of piperidine rings is 1. The maximum atomic E-state index is 13.3. The molecule has 1 fully saturated rings. The van der Waals surface area contributed by atoms with Crippen LogP contribution in [0.2, 0.25) is 0 Å². The molecule has 0 unspecified atom stereocenters. The van der Waals surface area contributed by atoms with Gasteiger partial charge < -0.3 is 22.9 Å². The Bertz CT molecular complexity index is 779. The van der Waals surface area contributed by atoms with Crippen LogP contribution < -0.4 is 18.1 Å². The van der Waals surface area contributed by atoms with Gasteiger partial charge in [-0.25, -0.2) is 13.2 Å². The molecule has 11 heteroatoms. The molecule has 1 atom stereocenters. The Balaban J connectivity index is 0.00000364. The molecule has 152 valence electrons. The van der Waals surface area contributed by atoms with Gasteiger partial charge in [0, 0.05) is 12.8 Å². The molecule has 1 saturated heterocycles. The molecule has 2 N–H and O–H groups in total. The average molecular weight is 438 g/mol. The predicted molar refractivity (Wildman–Crippen MR) is 99.8 cm³/mol. The molecule has 1 heterocycles. The first-order valence-corrected chi connectivity index (χ1v) is 10.1. The van der Waals surface area contributed by atoms with Gasteiger partial charge in [0.2, 0.25) is 9.84 Å². The Labute approximate surface area is 170 Å². The summed E-state index contributed by atoms with van der Waals surface area (Å²) in [5.74, 6) is -1.17. The van der Waals surface area contributed by atoms with Gasteiger partial charge in [0.05, 0.1) is 44.5 Å². The minimum Gasteiger partial charge on any atom is -1.00 e. The number of carbonyl (C=O) groups excluding carboxylic acids is 1. The maximum Gasteiger partial charge on any atom is 0.345 e. The number of thiol groups is 1. The lowest BCUT2D eigenvalue weighted by molar-refractivity contribution is -0.778. The van der Waals surface area contributed by atoms with E-state index in [1.807, 2.05) is 7.05 Å². The normalized spacial score (nSPS) is 27.7. The fraction of sp³-hybridized carbons (Fsp3) is 0.562. The summed E-state index contributed by atoms with van der Waals surface area (Å²) in [4.78, 5) is 21.9. The maximum absolute atomic E-state index is 13.3. The quantitative estimate of drug-likeness (QED) is 0.236. The van der Waals surface area contributed by atoms with Gasteiger partial charge in [-0.2, -0.15) is 4.91 Å². The number of ether oxygens (including phenoxy) is 1. The fourth-order valence-corrected chi connectivity index (χ4v) is 5.30. The molecule has 0 aliphatic carbocycles. The smallest absolute Gasteiger partial charge is 0.345 e. The average Bonchev–Trinajstić information content (AvgIpc) is 2.62. The first-order chi connectivity index (χ1) is 12.1. The number of nitrogens with zero attached hydrogens (tertiary/aromatic N) is 2. The Morgan fingerprint density at radius 2 is 1.85 bits per heavy atom. The summed E-state index contributed by atoms with van der Waals surface area (Å²) < 4.78 is 32.0. The number of hydrogen-bond donors (Lipinski definition) is 2. The molecule has 27 heavy (non-hydrogen) atoms. The molecule has 1 aromatic carbocycles. The number of quaternary nitrogens is 1.